The number of allylic oxidation sites excluding steroid dienone is 5. The van der Waals surface area contributed by atoms with Gasteiger partial charge in [0.2, 0.25) is 0 Å². The number of benzene rings is 2. The molecule has 1 saturated heterocycles. The Morgan fingerprint density at radius 1 is 1.02 bits per heavy atom. The molecule has 2 aliphatic carbocycles. The third kappa shape index (κ3) is 12.6. The van der Waals surface area contributed by atoms with Crippen molar-refractivity contribution in [3.8, 4) is 24.3 Å². The van der Waals surface area contributed by atoms with E-state index in [0.29, 0.717) is 30.7 Å². The highest BCUT2D eigenvalue weighted by Crippen LogP contribution is 2.30. The normalized spacial score (nSPS) is 15.8. The van der Waals surface area contributed by atoms with Gasteiger partial charge in [-0.05, 0) is 106 Å². The zero-order valence-electron chi connectivity index (χ0n) is 28.6. The van der Waals surface area contributed by atoms with Crippen LogP contribution in [0.3, 0.4) is 0 Å². The van der Waals surface area contributed by atoms with Crippen LogP contribution in [0.1, 0.15) is 71.3 Å². The van der Waals surface area contributed by atoms with Gasteiger partial charge in [-0.2, -0.15) is 0 Å². The van der Waals surface area contributed by atoms with Crippen LogP contribution < -0.4 is 14.4 Å². The van der Waals surface area contributed by atoms with Crippen molar-refractivity contribution in [3.63, 3.8) is 0 Å². The minimum absolute atomic E-state index is 0.309. The van der Waals surface area contributed by atoms with E-state index in [2.05, 4.69) is 42.7 Å². The first-order valence-electron chi connectivity index (χ1n) is 16.7. The van der Waals surface area contributed by atoms with Crippen molar-refractivity contribution in [1.82, 2.24) is 4.90 Å². The van der Waals surface area contributed by atoms with E-state index < -0.39 is 0 Å². The Morgan fingerprint density at radius 3 is 2.46 bits per heavy atom. The molecule has 0 aromatic heterocycles. The summed E-state index contributed by atoms with van der Waals surface area (Å²) in [6.45, 7) is 10.4. The fourth-order valence-electron chi connectivity index (χ4n) is 5.69. The highest BCUT2D eigenvalue weighted by molar-refractivity contribution is 5.51. The van der Waals surface area contributed by atoms with Crippen LogP contribution in [0.15, 0.2) is 77.6 Å². The number of aliphatic hydroxyl groups is 1. The highest BCUT2D eigenvalue weighted by atomic mass is 19.1. The molecule has 0 atom stereocenters. The average molecular weight is 635 g/mol. The molecular weight excluding hydrogens is 579 g/mol. The number of anilines is 1. The Kier molecular flexibility index (Phi) is 18.3. The van der Waals surface area contributed by atoms with Crippen molar-refractivity contribution in [2.75, 3.05) is 52.0 Å². The average Bonchev–Trinajstić information content (AvgIpc) is 3.31. The SMILES string of the molecule is C#C.CC.CCN(Cc1ccc(OCCN(C)C2CCOCC2)c(F)c1)c1cccc(OC)c1.OC1=CCC2=C(C=C1)CCCC2. The number of hydrogen-bond acceptors (Lipinski definition) is 6. The highest BCUT2D eigenvalue weighted by Gasteiger charge is 2.18. The smallest absolute Gasteiger partial charge is 0.165 e. The molecule has 0 spiro atoms. The van der Waals surface area contributed by atoms with Crippen LogP contribution in [0.25, 0.3) is 0 Å². The molecule has 0 unspecified atom stereocenters. The topological polar surface area (TPSA) is 54.4 Å². The summed E-state index contributed by atoms with van der Waals surface area (Å²) in [4.78, 5) is 4.46. The molecule has 2 aromatic carbocycles. The van der Waals surface area contributed by atoms with Gasteiger partial charge in [-0.25, -0.2) is 4.39 Å². The third-order valence-corrected chi connectivity index (χ3v) is 8.33. The van der Waals surface area contributed by atoms with Crippen LogP contribution in [0.5, 0.6) is 11.5 Å². The minimum atomic E-state index is -0.317. The second-order valence-electron chi connectivity index (χ2n) is 11.2. The summed E-state index contributed by atoms with van der Waals surface area (Å²) in [6, 6.07) is 13.7. The van der Waals surface area contributed by atoms with E-state index in [1.807, 2.05) is 56.3 Å². The molecule has 1 aliphatic heterocycles. The molecule has 1 heterocycles. The van der Waals surface area contributed by atoms with Crippen molar-refractivity contribution >= 4 is 5.69 Å². The van der Waals surface area contributed by atoms with Gasteiger partial charge in [-0.1, -0.05) is 37.6 Å². The monoisotopic (exact) mass is 634 g/mol. The lowest BCUT2D eigenvalue weighted by Crippen LogP contribution is -2.38. The van der Waals surface area contributed by atoms with Gasteiger partial charge in [0.05, 0.1) is 7.11 Å². The fraction of sp³-hybridized carbons (Fsp3) is 0.487. The summed E-state index contributed by atoms with van der Waals surface area (Å²) in [7, 11) is 3.75. The molecule has 0 bridgehead atoms. The molecule has 3 aliphatic rings. The van der Waals surface area contributed by atoms with Crippen molar-refractivity contribution < 1.29 is 23.7 Å². The number of halogens is 1. The predicted octanol–water partition coefficient (Wildman–Crippen LogP) is 8.88. The van der Waals surface area contributed by atoms with E-state index in [0.717, 1.165) is 62.6 Å². The predicted molar refractivity (Wildman–Crippen MR) is 189 cm³/mol. The lowest BCUT2D eigenvalue weighted by molar-refractivity contribution is 0.0391. The number of hydrogen-bond donors (Lipinski definition) is 1. The van der Waals surface area contributed by atoms with E-state index in [1.165, 1.54) is 36.8 Å². The number of methoxy groups -OCH3 is 1. The van der Waals surface area contributed by atoms with Gasteiger partial charge in [0.1, 0.15) is 18.1 Å². The van der Waals surface area contributed by atoms with E-state index >= 15 is 0 Å². The zero-order chi connectivity index (χ0) is 33.7. The van der Waals surface area contributed by atoms with Gasteiger partial charge in [-0.3, -0.25) is 4.90 Å². The first-order valence-corrected chi connectivity index (χ1v) is 16.7. The van der Waals surface area contributed by atoms with Crippen LogP contribution in [-0.2, 0) is 11.3 Å². The maximum absolute atomic E-state index is 14.6. The maximum atomic E-state index is 14.6. The maximum Gasteiger partial charge on any atom is 0.165 e. The lowest BCUT2D eigenvalue weighted by atomic mass is 9.90. The van der Waals surface area contributed by atoms with Gasteiger partial charge in [0, 0.05) is 50.6 Å². The van der Waals surface area contributed by atoms with Gasteiger partial charge >= 0.3 is 0 Å². The quantitative estimate of drug-likeness (QED) is 0.264. The summed E-state index contributed by atoms with van der Waals surface area (Å²) in [5, 5.41) is 9.28. The Labute approximate surface area is 277 Å². The Morgan fingerprint density at radius 2 is 1.76 bits per heavy atom. The van der Waals surface area contributed by atoms with Crippen LogP contribution in [0, 0.1) is 18.7 Å². The van der Waals surface area contributed by atoms with Gasteiger partial charge in [-0.15, -0.1) is 12.8 Å². The molecule has 252 valence electrons. The van der Waals surface area contributed by atoms with Crippen LogP contribution in [-0.4, -0.2) is 63.1 Å². The molecule has 5 rings (SSSR count). The number of aliphatic hydroxyl groups excluding tert-OH is 1. The molecule has 2 aromatic rings. The summed E-state index contributed by atoms with van der Waals surface area (Å²) in [5.41, 5.74) is 4.95. The van der Waals surface area contributed by atoms with Crippen molar-refractivity contribution in [1.29, 1.82) is 0 Å². The standard InChI is InChI=1S/C24H33FN2O3.C11H14O.C2H6.C2H2/c1-4-27(21-6-5-7-22(17-21)28-3)18-19-8-9-24(23(25)16-19)30-15-12-26(2)20-10-13-29-14-11-20;12-11-7-5-9-3-1-2-4-10(9)6-8-11;2*1-2/h5-9,16-17,20H,4,10-15,18H2,1-3H3;5,7-8,12H,1-4,6H2;1-2H3;1-2H. The van der Waals surface area contributed by atoms with E-state index in [1.54, 1.807) is 19.2 Å². The first-order chi connectivity index (χ1) is 22.5. The van der Waals surface area contributed by atoms with Gasteiger partial charge in [0.15, 0.2) is 11.6 Å². The summed E-state index contributed by atoms with van der Waals surface area (Å²) >= 11 is 0. The fourth-order valence-corrected chi connectivity index (χ4v) is 5.69. The Balaban J connectivity index is 0.000000380. The summed E-state index contributed by atoms with van der Waals surface area (Å²) in [6.07, 6.45) is 21.9. The number of terminal acetylenes is 1. The molecule has 1 fully saturated rings. The number of ether oxygens (including phenoxy) is 3. The molecule has 1 N–H and O–H groups in total. The molecule has 0 amide bonds. The van der Waals surface area contributed by atoms with E-state index in [-0.39, 0.29) is 5.82 Å². The second kappa shape index (κ2) is 21.9. The van der Waals surface area contributed by atoms with Crippen molar-refractivity contribution in [2.24, 2.45) is 0 Å². The molecule has 6 nitrogen and oxygen atoms in total. The first kappa shape index (κ1) is 38.5. The number of rotatable bonds is 10. The van der Waals surface area contributed by atoms with Crippen LogP contribution >= 0.6 is 0 Å². The molecule has 7 heteroatoms. The van der Waals surface area contributed by atoms with Gasteiger partial charge < -0.3 is 24.2 Å². The van der Waals surface area contributed by atoms with Gasteiger partial charge in [0.25, 0.3) is 0 Å². The second-order valence-corrected chi connectivity index (χ2v) is 11.2. The van der Waals surface area contributed by atoms with E-state index in [9.17, 15) is 9.50 Å². The zero-order valence-corrected chi connectivity index (χ0v) is 28.6. The molecule has 0 radical (unpaired) electrons. The van der Waals surface area contributed by atoms with Crippen molar-refractivity contribution in [2.45, 2.75) is 78.3 Å². The Bertz CT molecular complexity index is 1280. The lowest BCUT2D eigenvalue weighted by Gasteiger charge is -2.31. The largest absolute Gasteiger partial charge is 0.508 e. The Hall–Kier alpha value is -3.73. The molecule has 46 heavy (non-hydrogen) atoms. The molecular formula is C39H55FN2O4. The number of likely N-dealkylation sites (N-methyl/N-ethyl adjacent to an activating group) is 1. The van der Waals surface area contributed by atoms with Crippen molar-refractivity contribution in [3.05, 3.63) is 89.0 Å². The van der Waals surface area contributed by atoms with E-state index in [4.69, 9.17) is 14.2 Å². The summed E-state index contributed by atoms with van der Waals surface area (Å²) < 4.78 is 31.1. The van der Waals surface area contributed by atoms with Crippen LogP contribution in [0.4, 0.5) is 10.1 Å². The van der Waals surface area contributed by atoms with Crippen LogP contribution in [0.2, 0.25) is 0 Å². The third-order valence-electron chi connectivity index (χ3n) is 8.33. The minimum Gasteiger partial charge on any atom is -0.508 e. The molecule has 0 saturated carbocycles. The summed E-state index contributed by atoms with van der Waals surface area (Å²) in [5.74, 6) is 1.22. The number of nitrogens with zero attached hydrogens (tertiary/aromatic N) is 2.